The Kier molecular flexibility index (Phi) is 4.43. The lowest BCUT2D eigenvalue weighted by Gasteiger charge is -2.24. The lowest BCUT2D eigenvalue weighted by molar-refractivity contribution is 0.476. The first kappa shape index (κ1) is 14.3. The van der Waals surface area contributed by atoms with E-state index in [-0.39, 0.29) is 5.41 Å². The number of hydrogen-bond donors (Lipinski definition) is 1. The van der Waals surface area contributed by atoms with E-state index in [0.717, 1.165) is 13.1 Å². The zero-order valence-corrected chi connectivity index (χ0v) is 13.1. The molecule has 0 unspecified atom stereocenters. The molecule has 0 saturated heterocycles. The van der Waals surface area contributed by atoms with Crippen molar-refractivity contribution in [1.82, 2.24) is 5.32 Å². The third kappa shape index (κ3) is 3.46. The SMILES string of the molecule is Cc1cccc(C)c1CNCC(C)(C)c1cccs1. The molecular formula is C17H23NS. The molecule has 0 atom stereocenters. The van der Waals surface area contributed by atoms with Crippen LogP contribution in [0.3, 0.4) is 0 Å². The quantitative estimate of drug-likeness (QED) is 0.849. The lowest BCUT2D eigenvalue weighted by Crippen LogP contribution is -2.32. The van der Waals surface area contributed by atoms with Crippen molar-refractivity contribution in [2.24, 2.45) is 0 Å². The number of rotatable bonds is 5. The second-order valence-electron chi connectivity index (χ2n) is 5.84. The molecule has 0 aliphatic carbocycles. The van der Waals surface area contributed by atoms with Gasteiger partial charge in [0.25, 0.3) is 0 Å². The molecule has 0 fully saturated rings. The van der Waals surface area contributed by atoms with E-state index in [4.69, 9.17) is 0 Å². The minimum Gasteiger partial charge on any atom is -0.312 e. The summed E-state index contributed by atoms with van der Waals surface area (Å²) in [6, 6.07) is 10.9. The van der Waals surface area contributed by atoms with Gasteiger partial charge in [-0.3, -0.25) is 0 Å². The first-order valence-electron chi connectivity index (χ1n) is 6.80. The number of thiophene rings is 1. The van der Waals surface area contributed by atoms with Crippen molar-refractivity contribution in [3.05, 3.63) is 57.3 Å². The van der Waals surface area contributed by atoms with Crippen molar-refractivity contribution < 1.29 is 0 Å². The first-order chi connectivity index (χ1) is 9.00. The summed E-state index contributed by atoms with van der Waals surface area (Å²) in [7, 11) is 0. The van der Waals surface area contributed by atoms with Crippen molar-refractivity contribution in [3.8, 4) is 0 Å². The summed E-state index contributed by atoms with van der Waals surface area (Å²) in [5.41, 5.74) is 4.39. The van der Waals surface area contributed by atoms with Crippen LogP contribution in [0.2, 0.25) is 0 Å². The average Bonchev–Trinajstić information content (AvgIpc) is 2.87. The summed E-state index contributed by atoms with van der Waals surface area (Å²) in [5.74, 6) is 0. The third-order valence-corrected chi connectivity index (χ3v) is 4.94. The molecule has 2 heteroatoms. The van der Waals surface area contributed by atoms with Gasteiger partial charge < -0.3 is 5.32 Å². The highest BCUT2D eigenvalue weighted by molar-refractivity contribution is 7.10. The van der Waals surface area contributed by atoms with Crippen molar-refractivity contribution in [1.29, 1.82) is 0 Å². The highest BCUT2D eigenvalue weighted by atomic mass is 32.1. The number of benzene rings is 1. The molecule has 2 aromatic rings. The van der Waals surface area contributed by atoms with Crippen LogP contribution < -0.4 is 5.32 Å². The smallest absolute Gasteiger partial charge is 0.0211 e. The van der Waals surface area contributed by atoms with E-state index in [1.165, 1.54) is 21.6 Å². The Labute approximate surface area is 120 Å². The molecule has 0 aliphatic heterocycles. The van der Waals surface area contributed by atoms with Gasteiger partial charge >= 0.3 is 0 Å². The third-order valence-electron chi connectivity index (χ3n) is 3.70. The van der Waals surface area contributed by atoms with Crippen LogP contribution in [0.1, 0.15) is 35.4 Å². The van der Waals surface area contributed by atoms with Gasteiger partial charge in [0, 0.05) is 23.4 Å². The van der Waals surface area contributed by atoms with Gasteiger partial charge in [-0.1, -0.05) is 38.1 Å². The summed E-state index contributed by atoms with van der Waals surface area (Å²) in [4.78, 5) is 1.45. The molecule has 0 aliphatic rings. The van der Waals surface area contributed by atoms with Crippen LogP contribution in [0.5, 0.6) is 0 Å². The van der Waals surface area contributed by atoms with Gasteiger partial charge in [-0.2, -0.15) is 0 Å². The lowest BCUT2D eigenvalue weighted by atomic mass is 9.91. The Bertz CT molecular complexity index is 506. The Morgan fingerprint density at radius 2 is 1.74 bits per heavy atom. The van der Waals surface area contributed by atoms with Crippen LogP contribution in [0, 0.1) is 13.8 Å². The van der Waals surface area contributed by atoms with Gasteiger partial charge in [-0.05, 0) is 42.0 Å². The van der Waals surface area contributed by atoms with Crippen LogP contribution in [0.15, 0.2) is 35.7 Å². The van der Waals surface area contributed by atoms with Crippen molar-refractivity contribution in [2.75, 3.05) is 6.54 Å². The Morgan fingerprint density at radius 1 is 1.05 bits per heavy atom. The van der Waals surface area contributed by atoms with Gasteiger partial charge in [0.2, 0.25) is 0 Å². The van der Waals surface area contributed by atoms with E-state index in [1.54, 1.807) is 0 Å². The second kappa shape index (κ2) is 5.89. The van der Waals surface area contributed by atoms with Gasteiger partial charge in [0.05, 0.1) is 0 Å². The van der Waals surface area contributed by atoms with E-state index in [9.17, 15) is 0 Å². The van der Waals surface area contributed by atoms with Crippen molar-refractivity contribution in [3.63, 3.8) is 0 Å². The maximum absolute atomic E-state index is 3.62. The Balaban J connectivity index is 1.97. The summed E-state index contributed by atoms with van der Waals surface area (Å²) in [6.45, 7) is 10.9. The van der Waals surface area contributed by atoms with Crippen molar-refractivity contribution in [2.45, 2.75) is 39.7 Å². The molecular weight excluding hydrogens is 250 g/mol. The number of hydrogen-bond acceptors (Lipinski definition) is 2. The minimum absolute atomic E-state index is 0.199. The molecule has 0 spiro atoms. The highest BCUT2D eigenvalue weighted by Crippen LogP contribution is 2.26. The number of aryl methyl sites for hydroxylation is 2. The molecule has 1 aromatic heterocycles. The fourth-order valence-corrected chi connectivity index (χ4v) is 3.23. The van der Waals surface area contributed by atoms with Crippen LogP contribution in [0.25, 0.3) is 0 Å². The maximum atomic E-state index is 3.62. The predicted molar refractivity (Wildman–Crippen MR) is 85.0 cm³/mol. The fraction of sp³-hybridized carbons (Fsp3) is 0.412. The Morgan fingerprint density at radius 3 is 2.32 bits per heavy atom. The average molecular weight is 273 g/mol. The van der Waals surface area contributed by atoms with E-state index in [2.05, 4.69) is 68.7 Å². The van der Waals surface area contributed by atoms with E-state index < -0.39 is 0 Å². The molecule has 0 radical (unpaired) electrons. The molecule has 1 heterocycles. The highest BCUT2D eigenvalue weighted by Gasteiger charge is 2.21. The van der Waals surface area contributed by atoms with E-state index in [0.29, 0.717) is 0 Å². The zero-order valence-electron chi connectivity index (χ0n) is 12.3. The summed E-state index contributed by atoms with van der Waals surface area (Å²) >= 11 is 1.84. The second-order valence-corrected chi connectivity index (χ2v) is 6.78. The van der Waals surface area contributed by atoms with Gasteiger partial charge in [0.1, 0.15) is 0 Å². The Hall–Kier alpha value is -1.12. The summed E-state index contributed by atoms with van der Waals surface area (Å²) < 4.78 is 0. The molecule has 2 rings (SSSR count). The topological polar surface area (TPSA) is 12.0 Å². The fourth-order valence-electron chi connectivity index (χ4n) is 2.38. The van der Waals surface area contributed by atoms with Gasteiger partial charge in [-0.25, -0.2) is 0 Å². The summed E-state index contributed by atoms with van der Waals surface area (Å²) in [5, 5.41) is 5.77. The molecule has 0 saturated carbocycles. The summed E-state index contributed by atoms with van der Waals surface area (Å²) in [6.07, 6.45) is 0. The van der Waals surface area contributed by atoms with Crippen LogP contribution in [-0.2, 0) is 12.0 Å². The zero-order chi connectivity index (χ0) is 13.9. The first-order valence-corrected chi connectivity index (χ1v) is 7.68. The molecule has 0 amide bonds. The van der Waals surface area contributed by atoms with Crippen molar-refractivity contribution >= 4 is 11.3 Å². The molecule has 1 N–H and O–H groups in total. The van der Waals surface area contributed by atoms with Crippen LogP contribution >= 0.6 is 11.3 Å². The molecule has 19 heavy (non-hydrogen) atoms. The minimum atomic E-state index is 0.199. The van der Waals surface area contributed by atoms with Gasteiger partial charge in [-0.15, -0.1) is 11.3 Å². The normalized spacial score (nSPS) is 11.8. The maximum Gasteiger partial charge on any atom is 0.0211 e. The molecule has 102 valence electrons. The monoisotopic (exact) mass is 273 g/mol. The standard InChI is InChI=1S/C17H23NS/c1-13-7-5-8-14(2)15(13)11-18-12-17(3,4)16-9-6-10-19-16/h5-10,18H,11-12H2,1-4H3. The van der Waals surface area contributed by atoms with E-state index in [1.807, 2.05) is 11.3 Å². The van der Waals surface area contributed by atoms with Gasteiger partial charge in [0.15, 0.2) is 0 Å². The predicted octanol–water partition coefficient (Wildman–Crippen LogP) is 4.43. The molecule has 1 aromatic carbocycles. The number of nitrogens with one attached hydrogen (secondary N) is 1. The van der Waals surface area contributed by atoms with E-state index >= 15 is 0 Å². The van der Waals surface area contributed by atoms with Crippen LogP contribution in [0.4, 0.5) is 0 Å². The van der Waals surface area contributed by atoms with Crippen LogP contribution in [-0.4, -0.2) is 6.54 Å². The largest absolute Gasteiger partial charge is 0.312 e. The molecule has 1 nitrogen and oxygen atoms in total. The molecule has 0 bridgehead atoms.